The Labute approximate surface area is 201 Å². The van der Waals surface area contributed by atoms with Crippen molar-refractivity contribution in [2.45, 2.75) is 32.9 Å². The maximum Gasteiger partial charge on any atom is 0.191 e. The molecule has 0 fully saturated rings. The molecule has 8 heteroatoms. The molecule has 0 amide bonds. The van der Waals surface area contributed by atoms with Crippen LogP contribution in [0.4, 0.5) is 0 Å². The van der Waals surface area contributed by atoms with Crippen LogP contribution in [0, 0.1) is 0 Å². The summed E-state index contributed by atoms with van der Waals surface area (Å²) in [4.78, 5) is 13.1. The van der Waals surface area contributed by atoms with Gasteiger partial charge >= 0.3 is 0 Å². The number of ether oxygens (including phenoxy) is 1. The van der Waals surface area contributed by atoms with Crippen LogP contribution in [0.1, 0.15) is 37.5 Å². The highest BCUT2D eigenvalue weighted by Gasteiger charge is 2.05. The van der Waals surface area contributed by atoms with E-state index >= 15 is 0 Å². The van der Waals surface area contributed by atoms with Gasteiger partial charge in [0.2, 0.25) is 0 Å². The summed E-state index contributed by atoms with van der Waals surface area (Å²) in [5.74, 6) is 1.64. The third kappa shape index (κ3) is 8.29. The predicted molar refractivity (Wildman–Crippen MR) is 135 cm³/mol. The lowest BCUT2D eigenvalue weighted by Crippen LogP contribution is -2.38. The summed E-state index contributed by atoms with van der Waals surface area (Å²) in [7, 11) is 0. The second-order valence-electron chi connectivity index (χ2n) is 6.89. The van der Waals surface area contributed by atoms with E-state index < -0.39 is 0 Å². The van der Waals surface area contributed by atoms with Gasteiger partial charge in [0.05, 0.1) is 12.6 Å². The molecule has 2 N–H and O–H groups in total. The van der Waals surface area contributed by atoms with Gasteiger partial charge in [-0.15, -0.1) is 24.0 Å². The Kier molecular flexibility index (Phi) is 11.0. The lowest BCUT2D eigenvalue weighted by molar-refractivity contribution is 0.0646. The zero-order valence-electron chi connectivity index (χ0n) is 18.1. The molecular formula is C23H31IN6O. The van der Waals surface area contributed by atoms with Crippen molar-refractivity contribution >= 4 is 29.9 Å². The Morgan fingerprint density at radius 2 is 2.00 bits per heavy atom. The fraction of sp³-hybridized carbons (Fsp3) is 0.348. The lowest BCUT2D eigenvalue weighted by atomic mass is 10.1. The summed E-state index contributed by atoms with van der Waals surface area (Å²) < 4.78 is 7.82. The van der Waals surface area contributed by atoms with E-state index in [1.807, 2.05) is 41.1 Å². The van der Waals surface area contributed by atoms with Gasteiger partial charge in [-0.2, -0.15) is 0 Å². The van der Waals surface area contributed by atoms with E-state index in [0.29, 0.717) is 13.2 Å². The van der Waals surface area contributed by atoms with Crippen LogP contribution in [0.3, 0.4) is 0 Å². The second kappa shape index (κ2) is 13.8. The highest BCUT2D eigenvalue weighted by Crippen LogP contribution is 2.15. The van der Waals surface area contributed by atoms with E-state index in [2.05, 4.69) is 51.6 Å². The van der Waals surface area contributed by atoms with Gasteiger partial charge in [-0.1, -0.05) is 30.3 Å². The Hall–Kier alpha value is -2.46. The largest absolute Gasteiger partial charge is 0.374 e. The molecule has 0 aliphatic carbocycles. The number of aromatic nitrogens is 3. The second-order valence-corrected chi connectivity index (χ2v) is 6.89. The number of benzene rings is 1. The molecule has 0 aliphatic heterocycles. The number of rotatable bonds is 10. The van der Waals surface area contributed by atoms with Crippen molar-refractivity contribution in [1.82, 2.24) is 25.2 Å². The first kappa shape index (κ1) is 24.8. The molecule has 2 aromatic heterocycles. The van der Waals surface area contributed by atoms with E-state index in [0.717, 1.165) is 36.9 Å². The fourth-order valence-corrected chi connectivity index (χ4v) is 2.97. The van der Waals surface area contributed by atoms with Gasteiger partial charge in [0, 0.05) is 38.3 Å². The summed E-state index contributed by atoms with van der Waals surface area (Å²) in [5.41, 5.74) is 2.29. The van der Waals surface area contributed by atoms with Crippen LogP contribution in [0.5, 0.6) is 0 Å². The minimum atomic E-state index is 0. The number of halogens is 1. The molecule has 0 radical (unpaired) electrons. The van der Waals surface area contributed by atoms with E-state index in [-0.39, 0.29) is 30.1 Å². The topological polar surface area (TPSA) is 76.4 Å². The zero-order chi connectivity index (χ0) is 21.0. The first-order valence-corrected chi connectivity index (χ1v) is 10.4. The van der Waals surface area contributed by atoms with Crippen LogP contribution in [0.25, 0.3) is 5.82 Å². The molecule has 1 unspecified atom stereocenters. The average Bonchev–Trinajstić information content (AvgIpc) is 3.33. The van der Waals surface area contributed by atoms with Crippen molar-refractivity contribution in [3.63, 3.8) is 0 Å². The average molecular weight is 534 g/mol. The summed E-state index contributed by atoms with van der Waals surface area (Å²) >= 11 is 0. The molecule has 166 valence electrons. The van der Waals surface area contributed by atoms with E-state index in [1.54, 1.807) is 18.7 Å². The quantitative estimate of drug-likeness (QED) is 0.177. The van der Waals surface area contributed by atoms with Crippen LogP contribution < -0.4 is 10.6 Å². The maximum atomic E-state index is 5.93. The molecule has 0 saturated heterocycles. The smallest absolute Gasteiger partial charge is 0.191 e. The zero-order valence-corrected chi connectivity index (χ0v) is 20.4. The molecular weight excluding hydrogens is 503 g/mol. The molecule has 1 aromatic carbocycles. The van der Waals surface area contributed by atoms with Crippen molar-refractivity contribution in [2.24, 2.45) is 4.99 Å². The standard InChI is InChI=1S/C23H30N6O.HI/c1-3-25-23(27-11-7-15-30-19(2)21-8-5-4-6-9-21)28-17-20-10-12-26-22(16-20)29-14-13-24-18-29;/h4-6,8-10,12-14,16,18-19H,3,7,11,15,17H2,1-2H3,(H2,25,27,28);1H. The third-order valence-corrected chi connectivity index (χ3v) is 4.59. The van der Waals surface area contributed by atoms with Gasteiger partial charge in [-0.3, -0.25) is 4.57 Å². The van der Waals surface area contributed by atoms with Crippen LogP contribution in [0.15, 0.2) is 72.4 Å². The van der Waals surface area contributed by atoms with Crippen molar-refractivity contribution in [3.8, 4) is 5.82 Å². The highest BCUT2D eigenvalue weighted by atomic mass is 127. The molecule has 2 heterocycles. The van der Waals surface area contributed by atoms with E-state index in [9.17, 15) is 0 Å². The van der Waals surface area contributed by atoms with Crippen molar-refractivity contribution in [1.29, 1.82) is 0 Å². The molecule has 0 bridgehead atoms. The number of hydrogen-bond donors (Lipinski definition) is 2. The molecule has 3 aromatic rings. The number of guanidine groups is 1. The minimum absolute atomic E-state index is 0. The van der Waals surface area contributed by atoms with Crippen LogP contribution in [-0.4, -0.2) is 40.2 Å². The molecule has 0 saturated carbocycles. The van der Waals surface area contributed by atoms with Crippen LogP contribution in [-0.2, 0) is 11.3 Å². The van der Waals surface area contributed by atoms with Crippen LogP contribution in [0.2, 0.25) is 0 Å². The van der Waals surface area contributed by atoms with Gasteiger partial charge in [0.15, 0.2) is 5.96 Å². The Morgan fingerprint density at radius 3 is 2.74 bits per heavy atom. The van der Waals surface area contributed by atoms with Crippen LogP contribution >= 0.6 is 24.0 Å². The molecule has 3 rings (SSSR count). The number of pyridine rings is 1. The molecule has 31 heavy (non-hydrogen) atoms. The Bertz CT molecular complexity index is 901. The maximum absolute atomic E-state index is 5.93. The van der Waals surface area contributed by atoms with E-state index in [1.165, 1.54) is 5.56 Å². The highest BCUT2D eigenvalue weighted by molar-refractivity contribution is 14.0. The van der Waals surface area contributed by atoms with Gasteiger partial charge in [0.25, 0.3) is 0 Å². The third-order valence-electron chi connectivity index (χ3n) is 4.59. The minimum Gasteiger partial charge on any atom is -0.374 e. The van der Waals surface area contributed by atoms with Gasteiger partial charge in [0.1, 0.15) is 12.1 Å². The summed E-state index contributed by atoms with van der Waals surface area (Å²) in [6, 6.07) is 14.3. The van der Waals surface area contributed by atoms with Crippen molar-refractivity contribution in [3.05, 3.63) is 78.5 Å². The number of imidazole rings is 1. The number of nitrogens with zero attached hydrogens (tertiary/aromatic N) is 4. The lowest BCUT2D eigenvalue weighted by Gasteiger charge is -2.14. The monoisotopic (exact) mass is 534 g/mol. The number of aliphatic imine (C=N–C) groups is 1. The normalized spacial score (nSPS) is 12.1. The number of nitrogens with one attached hydrogen (secondary N) is 2. The van der Waals surface area contributed by atoms with Gasteiger partial charge in [-0.05, 0) is 43.5 Å². The first-order valence-electron chi connectivity index (χ1n) is 10.4. The molecule has 0 aliphatic rings. The fourth-order valence-electron chi connectivity index (χ4n) is 2.97. The molecule has 7 nitrogen and oxygen atoms in total. The Morgan fingerprint density at radius 1 is 1.16 bits per heavy atom. The molecule has 0 spiro atoms. The first-order chi connectivity index (χ1) is 14.8. The Balaban J connectivity index is 0.00000341. The SMILES string of the molecule is CCNC(=NCc1ccnc(-n2ccnc2)c1)NCCCOC(C)c1ccccc1.I. The van der Waals surface area contributed by atoms with Gasteiger partial charge in [-0.25, -0.2) is 15.0 Å². The van der Waals surface area contributed by atoms with Crippen molar-refractivity contribution in [2.75, 3.05) is 19.7 Å². The molecule has 1 atom stereocenters. The predicted octanol–water partition coefficient (Wildman–Crippen LogP) is 4.11. The summed E-state index contributed by atoms with van der Waals surface area (Å²) in [5, 5.41) is 6.66. The number of hydrogen-bond acceptors (Lipinski definition) is 4. The van der Waals surface area contributed by atoms with E-state index in [4.69, 9.17) is 4.74 Å². The summed E-state index contributed by atoms with van der Waals surface area (Å²) in [6.45, 7) is 7.02. The van der Waals surface area contributed by atoms with Crippen molar-refractivity contribution < 1.29 is 4.74 Å². The van der Waals surface area contributed by atoms with Gasteiger partial charge < -0.3 is 15.4 Å². The summed E-state index contributed by atoms with van der Waals surface area (Å²) in [6.07, 6.45) is 8.16.